The van der Waals surface area contributed by atoms with E-state index in [4.69, 9.17) is 9.47 Å². The van der Waals surface area contributed by atoms with Gasteiger partial charge in [-0.15, -0.1) is 0 Å². The van der Waals surface area contributed by atoms with Crippen LogP contribution in [-0.4, -0.2) is 19.6 Å². The van der Waals surface area contributed by atoms with Crippen molar-refractivity contribution in [2.45, 2.75) is 20.3 Å². The zero-order valence-electron chi connectivity index (χ0n) is 15.5. The first-order valence-electron chi connectivity index (χ1n) is 8.54. The zero-order chi connectivity index (χ0) is 19.8. The van der Waals surface area contributed by atoms with Crippen LogP contribution in [0.4, 0.5) is 5.69 Å². The fourth-order valence-corrected chi connectivity index (χ4v) is 3.09. The second-order valence-corrected chi connectivity index (χ2v) is 6.50. The average Bonchev–Trinajstić information content (AvgIpc) is 2.66. The number of aryl methyl sites for hydroxylation is 1. The van der Waals surface area contributed by atoms with Gasteiger partial charge in [0.05, 0.1) is 18.2 Å². The van der Waals surface area contributed by atoms with E-state index >= 15 is 0 Å². The Morgan fingerprint density at radius 1 is 1.26 bits per heavy atom. The maximum absolute atomic E-state index is 12.5. The molecule has 0 heterocycles. The minimum absolute atomic E-state index is 0.00548. The molecule has 1 amide bonds. The van der Waals surface area contributed by atoms with Crippen molar-refractivity contribution in [3.8, 4) is 17.6 Å². The Kier molecular flexibility index (Phi) is 7.44. The SMILES string of the molecule is CCOc1cc(/C=C(\C#N)C(=O)Nc2ccc(CC)cc2)cc(Br)c1OC. The zero-order valence-corrected chi connectivity index (χ0v) is 17.1. The molecule has 27 heavy (non-hydrogen) atoms. The molecular formula is C21H21BrN2O3. The number of nitriles is 1. The largest absolute Gasteiger partial charge is 0.492 e. The number of nitrogens with zero attached hydrogens (tertiary/aromatic N) is 1. The van der Waals surface area contributed by atoms with Crippen LogP contribution >= 0.6 is 15.9 Å². The van der Waals surface area contributed by atoms with Crippen LogP contribution in [0.3, 0.4) is 0 Å². The molecule has 0 radical (unpaired) electrons. The van der Waals surface area contributed by atoms with E-state index < -0.39 is 5.91 Å². The molecule has 1 N–H and O–H groups in total. The Hall–Kier alpha value is -2.78. The number of methoxy groups -OCH3 is 1. The number of hydrogen-bond donors (Lipinski definition) is 1. The normalized spacial score (nSPS) is 10.9. The van der Waals surface area contributed by atoms with E-state index in [0.29, 0.717) is 33.8 Å². The summed E-state index contributed by atoms with van der Waals surface area (Å²) in [5.74, 6) is 0.632. The fraction of sp³-hybridized carbons (Fsp3) is 0.238. The van der Waals surface area contributed by atoms with Gasteiger partial charge in [0.1, 0.15) is 11.6 Å². The van der Waals surface area contributed by atoms with Gasteiger partial charge in [0, 0.05) is 5.69 Å². The highest BCUT2D eigenvalue weighted by Crippen LogP contribution is 2.37. The Bertz CT molecular complexity index is 884. The lowest BCUT2D eigenvalue weighted by Crippen LogP contribution is -2.13. The number of rotatable bonds is 7. The van der Waals surface area contributed by atoms with Gasteiger partial charge in [0.2, 0.25) is 0 Å². The van der Waals surface area contributed by atoms with Crippen LogP contribution in [0.25, 0.3) is 6.08 Å². The van der Waals surface area contributed by atoms with E-state index in [2.05, 4.69) is 28.2 Å². The van der Waals surface area contributed by atoms with Crippen LogP contribution in [0.15, 0.2) is 46.4 Å². The molecule has 2 rings (SSSR count). The van der Waals surface area contributed by atoms with Crippen molar-refractivity contribution in [3.63, 3.8) is 0 Å². The maximum Gasteiger partial charge on any atom is 0.266 e. The second kappa shape index (κ2) is 9.79. The lowest BCUT2D eigenvalue weighted by Gasteiger charge is -2.12. The van der Waals surface area contributed by atoms with Gasteiger partial charge in [0.25, 0.3) is 5.91 Å². The van der Waals surface area contributed by atoms with Crippen LogP contribution in [-0.2, 0) is 11.2 Å². The molecule has 2 aromatic carbocycles. The van der Waals surface area contributed by atoms with E-state index in [0.717, 1.165) is 6.42 Å². The highest BCUT2D eigenvalue weighted by atomic mass is 79.9. The van der Waals surface area contributed by atoms with E-state index in [1.54, 1.807) is 19.2 Å². The molecular weight excluding hydrogens is 408 g/mol. The fourth-order valence-electron chi connectivity index (χ4n) is 2.47. The van der Waals surface area contributed by atoms with E-state index in [1.807, 2.05) is 37.3 Å². The van der Waals surface area contributed by atoms with Crippen molar-refractivity contribution in [1.29, 1.82) is 5.26 Å². The Balaban J connectivity index is 2.28. The molecule has 6 heteroatoms. The number of halogens is 1. The van der Waals surface area contributed by atoms with Crippen molar-refractivity contribution in [2.24, 2.45) is 0 Å². The molecule has 0 aliphatic rings. The van der Waals surface area contributed by atoms with Crippen LogP contribution in [0.5, 0.6) is 11.5 Å². The summed E-state index contributed by atoms with van der Waals surface area (Å²) in [6, 6.07) is 13.0. The Morgan fingerprint density at radius 2 is 1.96 bits per heavy atom. The van der Waals surface area contributed by atoms with E-state index in [9.17, 15) is 10.1 Å². The van der Waals surface area contributed by atoms with Crippen LogP contribution in [0.1, 0.15) is 25.0 Å². The molecule has 140 valence electrons. The summed E-state index contributed by atoms with van der Waals surface area (Å²) in [6.45, 7) is 4.40. The number of benzene rings is 2. The molecule has 5 nitrogen and oxygen atoms in total. The maximum atomic E-state index is 12.5. The van der Waals surface area contributed by atoms with Gasteiger partial charge >= 0.3 is 0 Å². The highest BCUT2D eigenvalue weighted by molar-refractivity contribution is 9.10. The number of nitrogens with one attached hydrogen (secondary N) is 1. The van der Waals surface area contributed by atoms with Gasteiger partial charge in [-0.3, -0.25) is 4.79 Å². The average molecular weight is 429 g/mol. The van der Waals surface area contributed by atoms with E-state index in [1.165, 1.54) is 11.6 Å². The van der Waals surface area contributed by atoms with Gasteiger partial charge in [-0.1, -0.05) is 19.1 Å². The Morgan fingerprint density at radius 3 is 2.52 bits per heavy atom. The summed E-state index contributed by atoms with van der Waals surface area (Å²) in [6.07, 6.45) is 2.44. The summed E-state index contributed by atoms with van der Waals surface area (Å²) in [7, 11) is 1.55. The minimum atomic E-state index is -0.466. The summed E-state index contributed by atoms with van der Waals surface area (Å²) >= 11 is 3.43. The third-order valence-electron chi connectivity index (χ3n) is 3.83. The third-order valence-corrected chi connectivity index (χ3v) is 4.42. The molecule has 0 saturated heterocycles. The first-order chi connectivity index (χ1) is 13.0. The molecule has 0 unspecified atom stereocenters. The second-order valence-electron chi connectivity index (χ2n) is 5.64. The first kappa shape index (κ1) is 20.5. The lowest BCUT2D eigenvalue weighted by molar-refractivity contribution is -0.112. The lowest BCUT2D eigenvalue weighted by atomic mass is 10.1. The standard InChI is InChI=1S/C21H21BrN2O3/c1-4-14-6-8-17(9-7-14)24-21(25)16(13-23)10-15-11-18(22)20(26-3)19(12-15)27-5-2/h6-12H,4-5H2,1-3H3,(H,24,25)/b16-10+. The topological polar surface area (TPSA) is 71.3 Å². The number of carbonyl (C=O) groups is 1. The number of anilines is 1. The van der Waals surface area contributed by atoms with Crippen LogP contribution in [0.2, 0.25) is 0 Å². The summed E-state index contributed by atoms with van der Waals surface area (Å²) in [5.41, 5.74) is 2.47. The van der Waals surface area contributed by atoms with Gasteiger partial charge < -0.3 is 14.8 Å². The molecule has 0 bridgehead atoms. The minimum Gasteiger partial charge on any atom is -0.492 e. The predicted molar refractivity (Wildman–Crippen MR) is 110 cm³/mol. The van der Waals surface area contributed by atoms with Gasteiger partial charge in [0.15, 0.2) is 11.5 Å². The summed E-state index contributed by atoms with van der Waals surface area (Å²) in [4.78, 5) is 12.5. The van der Waals surface area contributed by atoms with Crippen molar-refractivity contribution in [1.82, 2.24) is 0 Å². The molecule has 0 saturated carbocycles. The molecule has 2 aromatic rings. The van der Waals surface area contributed by atoms with Crippen molar-refractivity contribution in [3.05, 3.63) is 57.6 Å². The molecule has 0 atom stereocenters. The number of carbonyl (C=O) groups excluding carboxylic acids is 1. The van der Waals surface area contributed by atoms with Gasteiger partial charge in [-0.05, 0) is 70.7 Å². The van der Waals surface area contributed by atoms with Gasteiger partial charge in [-0.2, -0.15) is 5.26 Å². The number of ether oxygens (including phenoxy) is 2. The third kappa shape index (κ3) is 5.35. The monoisotopic (exact) mass is 428 g/mol. The van der Waals surface area contributed by atoms with Crippen molar-refractivity contribution >= 4 is 33.6 Å². The molecule has 0 aliphatic carbocycles. The highest BCUT2D eigenvalue weighted by Gasteiger charge is 2.13. The molecule has 0 aliphatic heterocycles. The quantitative estimate of drug-likeness (QED) is 0.499. The smallest absolute Gasteiger partial charge is 0.266 e. The number of hydrogen-bond acceptors (Lipinski definition) is 4. The van der Waals surface area contributed by atoms with E-state index in [-0.39, 0.29) is 5.57 Å². The predicted octanol–water partition coefficient (Wildman–Crippen LogP) is 4.96. The summed E-state index contributed by atoms with van der Waals surface area (Å²) < 4.78 is 11.6. The molecule has 0 fully saturated rings. The Labute approximate surface area is 167 Å². The molecule has 0 aromatic heterocycles. The summed E-state index contributed by atoms with van der Waals surface area (Å²) in [5, 5.41) is 12.2. The van der Waals surface area contributed by atoms with Crippen molar-refractivity contribution in [2.75, 3.05) is 19.0 Å². The van der Waals surface area contributed by atoms with Crippen LogP contribution in [0, 0.1) is 11.3 Å². The van der Waals surface area contributed by atoms with Crippen LogP contribution < -0.4 is 14.8 Å². The van der Waals surface area contributed by atoms with Gasteiger partial charge in [-0.25, -0.2) is 0 Å². The first-order valence-corrected chi connectivity index (χ1v) is 9.34. The number of amides is 1. The van der Waals surface area contributed by atoms with Crippen molar-refractivity contribution < 1.29 is 14.3 Å². The molecule has 0 spiro atoms.